The van der Waals surface area contributed by atoms with Crippen LogP contribution in [0.5, 0.6) is 5.75 Å². The number of imidazole rings is 1. The highest BCUT2D eigenvalue weighted by atomic mass is 16.5. The van der Waals surface area contributed by atoms with Gasteiger partial charge in [0.2, 0.25) is 0 Å². The molecule has 0 amide bonds. The molecule has 2 aromatic rings. The fourth-order valence-corrected chi connectivity index (χ4v) is 2.62. The van der Waals surface area contributed by atoms with Crippen LogP contribution in [0.2, 0.25) is 0 Å². The van der Waals surface area contributed by atoms with Gasteiger partial charge in [0.25, 0.3) is 0 Å². The van der Waals surface area contributed by atoms with Crippen LogP contribution >= 0.6 is 0 Å². The van der Waals surface area contributed by atoms with Gasteiger partial charge >= 0.3 is 0 Å². The molecular weight excluding hydrogens is 268 g/mol. The summed E-state index contributed by atoms with van der Waals surface area (Å²) in [5, 5.41) is 10.8. The highest BCUT2D eigenvalue weighted by molar-refractivity contribution is 5.51. The van der Waals surface area contributed by atoms with E-state index < -0.39 is 5.60 Å². The van der Waals surface area contributed by atoms with Crippen molar-refractivity contribution < 1.29 is 14.6 Å². The van der Waals surface area contributed by atoms with Gasteiger partial charge in [-0.2, -0.15) is 0 Å². The second-order valence-corrected chi connectivity index (χ2v) is 5.03. The zero-order valence-corrected chi connectivity index (χ0v) is 13.2. The van der Waals surface area contributed by atoms with E-state index in [1.165, 1.54) is 0 Å². The minimum Gasteiger partial charge on any atom is -0.496 e. The van der Waals surface area contributed by atoms with Gasteiger partial charge in [-0.05, 0) is 6.92 Å². The van der Waals surface area contributed by atoms with Crippen LogP contribution in [0.4, 0.5) is 0 Å². The van der Waals surface area contributed by atoms with Gasteiger partial charge in [0.05, 0.1) is 12.7 Å². The zero-order chi connectivity index (χ0) is 15.5. The summed E-state index contributed by atoms with van der Waals surface area (Å²) in [4.78, 5) is 4.31. The monoisotopic (exact) mass is 292 g/mol. The number of hydrogen-bond donors (Lipinski definition) is 1. The van der Waals surface area contributed by atoms with Crippen molar-refractivity contribution in [3.63, 3.8) is 0 Å². The molecule has 1 saturated heterocycles. The summed E-state index contributed by atoms with van der Waals surface area (Å²) in [7, 11) is 1.62. The van der Waals surface area contributed by atoms with Gasteiger partial charge < -0.3 is 19.0 Å². The highest BCUT2D eigenvalue weighted by Gasteiger charge is 2.35. The molecule has 0 atom stereocenters. The van der Waals surface area contributed by atoms with Crippen LogP contribution in [0.1, 0.15) is 37.9 Å². The number of hydrogen-bond acceptors (Lipinski definition) is 4. The van der Waals surface area contributed by atoms with Gasteiger partial charge in [-0.3, -0.25) is 0 Å². The molecule has 5 heteroatoms. The molecule has 0 aromatic carbocycles. The van der Waals surface area contributed by atoms with Crippen molar-refractivity contribution in [1.29, 1.82) is 0 Å². The van der Waals surface area contributed by atoms with Crippen molar-refractivity contribution >= 4 is 5.65 Å². The van der Waals surface area contributed by atoms with Crippen molar-refractivity contribution in [2.75, 3.05) is 20.3 Å². The van der Waals surface area contributed by atoms with Gasteiger partial charge in [0, 0.05) is 55.8 Å². The van der Waals surface area contributed by atoms with Crippen LogP contribution in [0.15, 0.2) is 18.5 Å². The molecule has 3 rings (SSSR count). The molecule has 0 unspecified atom stereocenters. The smallest absolute Gasteiger partial charge is 0.140 e. The van der Waals surface area contributed by atoms with Crippen molar-refractivity contribution in [2.24, 2.45) is 0 Å². The third-order valence-electron chi connectivity index (χ3n) is 3.84. The molecule has 3 heterocycles. The topological polar surface area (TPSA) is 56.0 Å². The predicted molar refractivity (Wildman–Crippen MR) is 81.8 cm³/mol. The molecule has 21 heavy (non-hydrogen) atoms. The lowest BCUT2D eigenvalue weighted by atomic mass is 9.87. The number of aromatic nitrogens is 2. The fourth-order valence-electron chi connectivity index (χ4n) is 2.62. The SMILES string of the molecule is CC.COc1cc2ncc(C)n2cc1C1(O)CCOCC1. The minimum atomic E-state index is -0.880. The van der Waals surface area contributed by atoms with Crippen LogP contribution in [0.3, 0.4) is 0 Å². The molecule has 1 fully saturated rings. The number of rotatable bonds is 2. The average Bonchev–Trinajstić information content (AvgIpc) is 2.89. The van der Waals surface area contributed by atoms with Crippen LogP contribution in [0.25, 0.3) is 5.65 Å². The van der Waals surface area contributed by atoms with Crippen molar-refractivity contribution in [2.45, 2.75) is 39.2 Å². The number of aliphatic hydroxyl groups is 1. The standard InChI is InChI=1S/C14H18N2O3.C2H6/c1-10-8-15-13-7-12(18-2)11(9-16(10)13)14(17)3-5-19-6-4-14;1-2/h7-9,17H,3-6H2,1-2H3;1-2H3. The quantitative estimate of drug-likeness (QED) is 0.924. The molecule has 1 aliphatic heterocycles. The Morgan fingerprint density at radius 2 is 2.00 bits per heavy atom. The van der Waals surface area contributed by atoms with E-state index in [-0.39, 0.29) is 0 Å². The normalized spacial score (nSPS) is 17.2. The van der Waals surface area contributed by atoms with Crippen molar-refractivity contribution in [1.82, 2.24) is 9.38 Å². The maximum absolute atomic E-state index is 10.8. The first-order valence-corrected chi connectivity index (χ1v) is 7.46. The Labute approximate surface area is 125 Å². The number of aryl methyl sites for hydroxylation is 1. The zero-order valence-electron chi connectivity index (χ0n) is 13.2. The number of nitrogens with zero attached hydrogens (tertiary/aromatic N) is 2. The summed E-state index contributed by atoms with van der Waals surface area (Å²) in [6.45, 7) is 7.13. The Morgan fingerprint density at radius 1 is 1.33 bits per heavy atom. The van der Waals surface area contributed by atoms with Crippen LogP contribution in [-0.2, 0) is 10.3 Å². The summed E-state index contributed by atoms with van der Waals surface area (Å²) in [5.74, 6) is 0.683. The number of pyridine rings is 1. The first-order valence-electron chi connectivity index (χ1n) is 7.46. The van der Waals surface area contributed by atoms with Crippen LogP contribution in [-0.4, -0.2) is 34.8 Å². The first kappa shape index (κ1) is 15.8. The van der Waals surface area contributed by atoms with E-state index in [4.69, 9.17) is 9.47 Å². The van der Waals surface area contributed by atoms with Gasteiger partial charge in [0.1, 0.15) is 11.4 Å². The second kappa shape index (κ2) is 6.45. The van der Waals surface area contributed by atoms with Crippen molar-refractivity contribution in [3.8, 4) is 5.75 Å². The summed E-state index contributed by atoms with van der Waals surface area (Å²) >= 11 is 0. The van der Waals surface area contributed by atoms with Gasteiger partial charge in [-0.1, -0.05) is 13.8 Å². The van der Waals surface area contributed by atoms with E-state index in [2.05, 4.69) is 4.98 Å². The molecule has 1 N–H and O–H groups in total. The lowest BCUT2D eigenvalue weighted by Gasteiger charge is -2.33. The van der Waals surface area contributed by atoms with Crippen LogP contribution < -0.4 is 4.74 Å². The molecule has 1 aliphatic rings. The van der Waals surface area contributed by atoms with E-state index >= 15 is 0 Å². The third kappa shape index (κ3) is 2.89. The summed E-state index contributed by atoms with van der Waals surface area (Å²) < 4.78 is 12.7. The number of fused-ring (bicyclic) bond motifs is 1. The van der Waals surface area contributed by atoms with Gasteiger partial charge in [-0.15, -0.1) is 0 Å². The first-order chi connectivity index (χ1) is 10.1. The molecule has 116 valence electrons. The predicted octanol–water partition coefficient (Wildman–Crippen LogP) is 2.68. The largest absolute Gasteiger partial charge is 0.496 e. The molecule has 0 aliphatic carbocycles. The molecular formula is C16H24N2O3. The van der Waals surface area contributed by atoms with Crippen LogP contribution in [0, 0.1) is 6.92 Å². The summed E-state index contributed by atoms with van der Waals surface area (Å²) in [6.07, 6.45) is 4.92. The maximum atomic E-state index is 10.8. The van der Waals surface area contributed by atoms with E-state index in [1.807, 2.05) is 43.6 Å². The Balaban J connectivity index is 0.000000774. The Kier molecular flexibility index (Phi) is 4.85. The van der Waals surface area contributed by atoms with Crippen molar-refractivity contribution in [3.05, 3.63) is 29.7 Å². The Bertz CT molecular complexity index is 601. The van der Waals surface area contributed by atoms with E-state index in [0.29, 0.717) is 31.8 Å². The molecule has 0 bridgehead atoms. The van der Waals surface area contributed by atoms with Gasteiger partial charge in [-0.25, -0.2) is 4.98 Å². The number of ether oxygens (including phenoxy) is 2. The minimum absolute atomic E-state index is 0.570. The molecule has 5 nitrogen and oxygen atoms in total. The van der Waals surface area contributed by atoms with E-state index in [9.17, 15) is 5.11 Å². The fraction of sp³-hybridized carbons (Fsp3) is 0.562. The highest BCUT2D eigenvalue weighted by Crippen LogP contribution is 2.38. The third-order valence-corrected chi connectivity index (χ3v) is 3.84. The Morgan fingerprint density at radius 3 is 2.62 bits per heavy atom. The lowest BCUT2D eigenvalue weighted by Crippen LogP contribution is -2.34. The maximum Gasteiger partial charge on any atom is 0.140 e. The van der Waals surface area contributed by atoms with E-state index in [1.54, 1.807) is 7.11 Å². The molecule has 0 radical (unpaired) electrons. The lowest BCUT2D eigenvalue weighted by molar-refractivity contribution is -0.0691. The molecule has 0 saturated carbocycles. The second-order valence-electron chi connectivity index (χ2n) is 5.03. The Hall–Kier alpha value is -1.59. The average molecular weight is 292 g/mol. The molecule has 0 spiro atoms. The summed E-state index contributed by atoms with van der Waals surface area (Å²) in [6, 6.07) is 1.87. The van der Waals surface area contributed by atoms with Gasteiger partial charge in [0.15, 0.2) is 0 Å². The number of methoxy groups -OCH3 is 1. The summed E-state index contributed by atoms with van der Waals surface area (Å²) in [5.41, 5.74) is 1.80. The van der Waals surface area contributed by atoms with E-state index in [0.717, 1.165) is 16.9 Å². The molecule has 2 aromatic heterocycles.